The summed E-state index contributed by atoms with van der Waals surface area (Å²) in [7, 11) is 0. The van der Waals surface area contributed by atoms with Crippen LogP contribution in [0.4, 0.5) is 4.39 Å². The van der Waals surface area contributed by atoms with Gasteiger partial charge in [0.25, 0.3) is 0 Å². The molecule has 0 radical (unpaired) electrons. The predicted octanol–water partition coefficient (Wildman–Crippen LogP) is 3.55. The lowest BCUT2D eigenvalue weighted by atomic mass is 10.1. The lowest BCUT2D eigenvalue weighted by Crippen LogP contribution is -2.17. The smallest absolute Gasteiger partial charge is 0.141 e. The van der Waals surface area contributed by atoms with E-state index in [2.05, 4.69) is 5.32 Å². The molecule has 1 N–H and O–H groups in total. The first kappa shape index (κ1) is 11.9. The highest BCUT2D eigenvalue weighted by molar-refractivity contribution is 6.30. The fourth-order valence-corrected chi connectivity index (χ4v) is 1.95. The van der Waals surface area contributed by atoms with E-state index in [0.717, 1.165) is 31.0 Å². The summed E-state index contributed by atoms with van der Waals surface area (Å²) >= 11 is 5.72. The van der Waals surface area contributed by atoms with Crippen molar-refractivity contribution in [1.82, 2.24) is 5.32 Å². The van der Waals surface area contributed by atoms with Crippen molar-refractivity contribution < 1.29 is 4.39 Å². The molecule has 1 saturated carbocycles. The minimum Gasteiger partial charge on any atom is -0.314 e. The molecule has 0 amide bonds. The Balaban J connectivity index is 1.65. The zero-order chi connectivity index (χ0) is 11.4. The molecule has 0 atom stereocenters. The Labute approximate surface area is 101 Å². The van der Waals surface area contributed by atoms with Crippen molar-refractivity contribution in [3.8, 4) is 0 Å². The van der Waals surface area contributed by atoms with Crippen LogP contribution >= 0.6 is 11.6 Å². The van der Waals surface area contributed by atoms with E-state index < -0.39 is 0 Å². The molecule has 1 aromatic carbocycles. The normalized spacial score (nSPS) is 15.4. The Kier molecular flexibility index (Phi) is 4.19. The maximum absolute atomic E-state index is 12.9. The van der Waals surface area contributed by atoms with Crippen LogP contribution in [0, 0.1) is 5.82 Å². The van der Waals surface area contributed by atoms with E-state index >= 15 is 0 Å². The van der Waals surface area contributed by atoms with Crippen molar-refractivity contribution >= 4 is 11.6 Å². The lowest BCUT2D eigenvalue weighted by molar-refractivity contribution is 0.615. The van der Waals surface area contributed by atoms with E-state index in [0.29, 0.717) is 0 Å². The maximum atomic E-state index is 12.9. The molecule has 1 aromatic rings. The van der Waals surface area contributed by atoms with Crippen LogP contribution in [0.25, 0.3) is 0 Å². The Hall–Kier alpha value is -0.600. The van der Waals surface area contributed by atoms with E-state index in [1.54, 1.807) is 6.07 Å². The second-order valence-corrected chi connectivity index (χ2v) is 4.84. The molecule has 0 heterocycles. The van der Waals surface area contributed by atoms with Crippen molar-refractivity contribution in [3.63, 3.8) is 0 Å². The number of nitrogens with one attached hydrogen (secondary N) is 1. The molecule has 0 bridgehead atoms. The van der Waals surface area contributed by atoms with Crippen molar-refractivity contribution in [3.05, 3.63) is 34.6 Å². The van der Waals surface area contributed by atoms with Gasteiger partial charge in [-0.25, -0.2) is 4.39 Å². The Morgan fingerprint density at radius 2 is 2.12 bits per heavy atom. The maximum Gasteiger partial charge on any atom is 0.141 e. The number of halogens is 2. The Bertz CT molecular complexity index is 350. The highest BCUT2D eigenvalue weighted by atomic mass is 35.5. The first-order valence-corrected chi connectivity index (χ1v) is 6.31. The van der Waals surface area contributed by atoms with Crippen molar-refractivity contribution in [1.29, 1.82) is 0 Å². The minimum atomic E-state index is -0.333. The number of rotatable bonds is 6. The second-order valence-electron chi connectivity index (χ2n) is 4.43. The molecule has 3 heteroatoms. The van der Waals surface area contributed by atoms with Crippen LogP contribution in [-0.4, -0.2) is 12.6 Å². The van der Waals surface area contributed by atoms with Crippen LogP contribution in [0.5, 0.6) is 0 Å². The molecule has 0 saturated heterocycles. The Morgan fingerprint density at radius 3 is 2.81 bits per heavy atom. The average molecular weight is 242 g/mol. The largest absolute Gasteiger partial charge is 0.314 e. The first-order chi connectivity index (χ1) is 7.75. The van der Waals surface area contributed by atoms with Crippen LogP contribution < -0.4 is 5.32 Å². The molecule has 0 aromatic heterocycles. The molecular formula is C13H17ClFN. The quantitative estimate of drug-likeness (QED) is 0.751. The summed E-state index contributed by atoms with van der Waals surface area (Å²) in [5.74, 6) is -0.333. The summed E-state index contributed by atoms with van der Waals surface area (Å²) in [5.41, 5.74) is 1.12. The highest BCUT2D eigenvalue weighted by Crippen LogP contribution is 2.19. The zero-order valence-corrected chi connectivity index (χ0v) is 10.1. The predicted molar refractivity (Wildman–Crippen MR) is 65.4 cm³/mol. The number of benzene rings is 1. The summed E-state index contributed by atoms with van der Waals surface area (Å²) in [6, 6.07) is 5.78. The van der Waals surface area contributed by atoms with Gasteiger partial charge in [0.1, 0.15) is 5.82 Å². The van der Waals surface area contributed by atoms with E-state index in [9.17, 15) is 4.39 Å². The van der Waals surface area contributed by atoms with Crippen molar-refractivity contribution in [2.75, 3.05) is 6.54 Å². The van der Waals surface area contributed by atoms with Crippen LogP contribution in [-0.2, 0) is 6.42 Å². The van der Waals surface area contributed by atoms with Gasteiger partial charge in [-0.05, 0) is 56.3 Å². The first-order valence-electron chi connectivity index (χ1n) is 5.93. The summed E-state index contributed by atoms with van der Waals surface area (Å²) in [4.78, 5) is 0. The van der Waals surface area contributed by atoms with Crippen LogP contribution in [0.15, 0.2) is 18.2 Å². The van der Waals surface area contributed by atoms with E-state index in [4.69, 9.17) is 11.6 Å². The third-order valence-electron chi connectivity index (χ3n) is 2.89. The molecular weight excluding hydrogens is 225 g/mol. The van der Waals surface area contributed by atoms with Gasteiger partial charge in [-0.2, -0.15) is 0 Å². The second kappa shape index (κ2) is 5.65. The van der Waals surface area contributed by atoms with E-state index in [1.165, 1.54) is 25.3 Å². The van der Waals surface area contributed by atoms with Gasteiger partial charge >= 0.3 is 0 Å². The lowest BCUT2D eigenvalue weighted by Gasteiger charge is -2.04. The van der Waals surface area contributed by atoms with Gasteiger partial charge in [-0.1, -0.05) is 17.7 Å². The molecule has 0 unspecified atom stereocenters. The number of unbranched alkanes of at least 4 members (excludes halogenated alkanes) is 1. The molecule has 1 nitrogen and oxygen atoms in total. The number of hydrogen-bond acceptors (Lipinski definition) is 1. The topological polar surface area (TPSA) is 12.0 Å². The van der Waals surface area contributed by atoms with Gasteiger partial charge in [-0.15, -0.1) is 0 Å². The van der Waals surface area contributed by atoms with Crippen molar-refractivity contribution in [2.45, 2.75) is 38.1 Å². The van der Waals surface area contributed by atoms with Crippen LogP contribution in [0.3, 0.4) is 0 Å². The standard InChI is InChI=1S/C13H17ClFN/c14-12-9-10(4-7-13(12)15)3-1-2-8-16-11-5-6-11/h4,7,9,11,16H,1-3,5-6,8H2. The fourth-order valence-electron chi connectivity index (χ4n) is 1.74. The summed E-state index contributed by atoms with van der Waals surface area (Å²) in [5, 5.41) is 3.71. The van der Waals surface area contributed by atoms with Gasteiger partial charge in [0.2, 0.25) is 0 Å². The van der Waals surface area contributed by atoms with Gasteiger partial charge in [0, 0.05) is 6.04 Å². The van der Waals surface area contributed by atoms with Crippen LogP contribution in [0.1, 0.15) is 31.2 Å². The summed E-state index contributed by atoms with van der Waals surface area (Å²) < 4.78 is 12.9. The Morgan fingerprint density at radius 1 is 1.31 bits per heavy atom. The number of aryl methyl sites for hydroxylation is 1. The monoisotopic (exact) mass is 241 g/mol. The zero-order valence-electron chi connectivity index (χ0n) is 9.31. The molecule has 88 valence electrons. The summed E-state index contributed by atoms with van der Waals surface area (Å²) in [6.07, 6.45) is 5.96. The third-order valence-corrected chi connectivity index (χ3v) is 3.18. The average Bonchev–Trinajstić information content (AvgIpc) is 3.07. The highest BCUT2D eigenvalue weighted by Gasteiger charge is 2.19. The molecule has 1 aliphatic carbocycles. The van der Waals surface area contributed by atoms with E-state index in [1.807, 2.05) is 6.07 Å². The van der Waals surface area contributed by atoms with Crippen molar-refractivity contribution in [2.24, 2.45) is 0 Å². The SMILES string of the molecule is Fc1ccc(CCCCNC2CC2)cc1Cl. The van der Waals surface area contributed by atoms with Gasteiger partial charge < -0.3 is 5.32 Å². The van der Waals surface area contributed by atoms with Crippen LogP contribution in [0.2, 0.25) is 5.02 Å². The molecule has 0 spiro atoms. The molecule has 1 fully saturated rings. The molecule has 1 aliphatic rings. The summed E-state index contributed by atoms with van der Waals surface area (Å²) in [6.45, 7) is 1.10. The van der Waals surface area contributed by atoms with Gasteiger partial charge in [0.05, 0.1) is 5.02 Å². The van der Waals surface area contributed by atoms with Gasteiger partial charge in [0.15, 0.2) is 0 Å². The molecule has 16 heavy (non-hydrogen) atoms. The number of hydrogen-bond donors (Lipinski definition) is 1. The molecule has 0 aliphatic heterocycles. The minimum absolute atomic E-state index is 0.230. The third kappa shape index (κ3) is 3.76. The van der Waals surface area contributed by atoms with Gasteiger partial charge in [-0.3, -0.25) is 0 Å². The fraction of sp³-hybridized carbons (Fsp3) is 0.538. The van der Waals surface area contributed by atoms with E-state index in [-0.39, 0.29) is 10.8 Å². The molecule has 2 rings (SSSR count).